The zero-order valence-electron chi connectivity index (χ0n) is 11.2. The van der Waals surface area contributed by atoms with E-state index in [4.69, 9.17) is 23.2 Å². The van der Waals surface area contributed by atoms with E-state index in [9.17, 15) is 14.7 Å². The molecule has 1 amide bonds. The zero-order valence-corrected chi connectivity index (χ0v) is 13.5. The minimum absolute atomic E-state index is 0.0438. The lowest BCUT2D eigenvalue weighted by Crippen LogP contribution is -2.14. The number of anilines is 1. The predicted molar refractivity (Wildman–Crippen MR) is 85.2 cm³/mol. The van der Waals surface area contributed by atoms with E-state index < -0.39 is 11.9 Å². The first kappa shape index (κ1) is 15.8. The molecular formula is C14H11Cl2NO3S. The third-order valence-corrected chi connectivity index (χ3v) is 4.58. The average molecular weight is 344 g/mol. The van der Waals surface area contributed by atoms with E-state index in [0.29, 0.717) is 4.88 Å². The van der Waals surface area contributed by atoms with Crippen LogP contribution >= 0.6 is 34.5 Å². The molecule has 0 aliphatic carbocycles. The molecule has 0 fully saturated rings. The van der Waals surface area contributed by atoms with Gasteiger partial charge in [0.25, 0.3) is 5.91 Å². The van der Waals surface area contributed by atoms with Crippen LogP contribution in [0.1, 0.15) is 30.5 Å². The molecule has 0 atom stereocenters. The molecule has 0 aliphatic heterocycles. The maximum absolute atomic E-state index is 12.2. The monoisotopic (exact) mass is 343 g/mol. The Balaban J connectivity index is 2.39. The van der Waals surface area contributed by atoms with Crippen LogP contribution in [0.25, 0.3) is 0 Å². The number of nitrogens with one attached hydrogen (secondary N) is 1. The Morgan fingerprint density at radius 3 is 2.38 bits per heavy atom. The van der Waals surface area contributed by atoms with Crippen LogP contribution in [0.5, 0.6) is 0 Å². The van der Waals surface area contributed by atoms with Gasteiger partial charge in [-0.3, -0.25) is 4.79 Å². The molecule has 2 aromatic rings. The molecule has 0 unspecified atom stereocenters. The van der Waals surface area contributed by atoms with Gasteiger partial charge in [0.2, 0.25) is 0 Å². The lowest BCUT2D eigenvalue weighted by Gasteiger charge is -2.10. The summed E-state index contributed by atoms with van der Waals surface area (Å²) >= 11 is 13.1. The van der Waals surface area contributed by atoms with Crippen molar-refractivity contribution in [2.45, 2.75) is 13.8 Å². The van der Waals surface area contributed by atoms with E-state index in [1.54, 1.807) is 6.07 Å². The third-order valence-electron chi connectivity index (χ3n) is 2.91. The minimum Gasteiger partial charge on any atom is -0.478 e. The molecule has 7 heteroatoms. The van der Waals surface area contributed by atoms with Crippen molar-refractivity contribution in [2.24, 2.45) is 0 Å². The van der Waals surface area contributed by atoms with E-state index in [1.807, 2.05) is 13.8 Å². The predicted octanol–water partition coefficient (Wildman–Crippen LogP) is 4.62. The Labute approximate surface area is 135 Å². The van der Waals surface area contributed by atoms with E-state index in [-0.39, 0.29) is 21.3 Å². The number of amides is 1. The Kier molecular flexibility index (Phi) is 4.56. The Bertz CT molecular complexity index is 721. The summed E-state index contributed by atoms with van der Waals surface area (Å²) in [6.45, 7) is 3.81. The van der Waals surface area contributed by atoms with Gasteiger partial charge >= 0.3 is 5.97 Å². The van der Waals surface area contributed by atoms with Crippen LogP contribution in [-0.2, 0) is 0 Å². The van der Waals surface area contributed by atoms with E-state index in [2.05, 4.69) is 5.32 Å². The van der Waals surface area contributed by atoms with Crippen molar-refractivity contribution >= 4 is 52.1 Å². The molecule has 1 aromatic heterocycles. The van der Waals surface area contributed by atoms with Crippen molar-refractivity contribution in [1.82, 2.24) is 0 Å². The van der Waals surface area contributed by atoms with Crippen LogP contribution < -0.4 is 5.32 Å². The van der Waals surface area contributed by atoms with E-state index >= 15 is 0 Å². The number of carbonyl (C=O) groups is 2. The molecule has 21 heavy (non-hydrogen) atoms. The van der Waals surface area contributed by atoms with Gasteiger partial charge in [-0.25, -0.2) is 4.79 Å². The van der Waals surface area contributed by atoms with Crippen LogP contribution in [0.4, 0.5) is 5.69 Å². The van der Waals surface area contributed by atoms with Gasteiger partial charge in [-0.2, -0.15) is 0 Å². The largest absolute Gasteiger partial charge is 0.478 e. The number of thiophene rings is 1. The topological polar surface area (TPSA) is 66.4 Å². The first-order chi connectivity index (χ1) is 9.79. The van der Waals surface area contributed by atoms with Crippen LogP contribution in [0.2, 0.25) is 10.0 Å². The van der Waals surface area contributed by atoms with Crippen LogP contribution in [0.15, 0.2) is 18.2 Å². The zero-order chi connectivity index (χ0) is 15.7. The number of halogens is 2. The molecule has 0 spiro atoms. The van der Waals surface area contributed by atoms with Crippen molar-refractivity contribution in [3.05, 3.63) is 49.1 Å². The summed E-state index contributed by atoms with van der Waals surface area (Å²) in [7, 11) is 0. The number of carboxylic acids is 1. The third kappa shape index (κ3) is 3.37. The highest BCUT2D eigenvalue weighted by Gasteiger charge is 2.19. The van der Waals surface area contributed by atoms with Gasteiger partial charge in [-0.05, 0) is 37.6 Å². The molecule has 1 aromatic carbocycles. The molecule has 0 saturated heterocycles. The highest BCUT2D eigenvalue weighted by Crippen LogP contribution is 2.31. The van der Waals surface area contributed by atoms with Crippen LogP contribution in [0.3, 0.4) is 0 Å². The fraction of sp³-hybridized carbons (Fsp3) is 0.143. The van der Waals surface area contributed by atoms with Crippen LogP contribution in [0, 0.1) is 13.8 Å². The van der Waals surface area contributed by atoms with Crippen molar-refractivity contribution in [3.63, 3.8) is 0 Å². The Morgan fingerprint density at radius 2 is 1.86 bits per heavy atom. The van der Waals surface area contributed by atoms with Gasteiger partial charge in [0.1, 0.15) is 0 Å². The molecule has 0 bridgehead atoms. The van der Waals surface area contributed by atoms with Gasteiger partial charge in [0, 0.05) is 9.90 Å². The van der Waals surface area contributed by atoms with Gasteiger partial charge in [-0.1, -0.05) is 23.2 Å². The standard InChI is InChI=1S/C14H11Cl2NO3S/c1-6-3-11(21-7(6)2)13(18)17-12-9(14(19)20)4-8(15)5-10(12)16/h3-5H,1-2H3,(H,17,18)(H,19,20). The number of hydrogen-bond donors (Lipinski definition) is 2. The number of carboxylic acid groups (broad SMARTS) is 1. The van der Waals surface area contributed by atoms with Gasteiger partial charge < -0.3 is 10.4 Å². The summed E-state index contributed by atoms with van der Waals surface area (Å²) in [6.07, 6.45) is 0. The first-order valence-electron chi connectivity index (χ1n) is 5.90. The molecule has 4 nitrogen and oxygen atoms in total. The highest BCUT2D eigenvalue weighted by atomic mass is 35.5. The summed E-state index contributed by atoms with van der Waals surface area (Å²) in [5.41, 5.74) is 0.902. The number of aromatic carboxylic acids is 1. The Morgan fingerprint density at radius 1 is 1.19 bits per heavy atom. The lowest BCUT2D eigenvalue weighted by atomic mass is 10.1. The number of aryl methyl sites for hydroxylation is 2. The Hall–Kier alpha value is -1.56. The fourth-order valence-electron chi connectivity index (χ4n) is 1.73. The number of rotatable bonds is 3. The molecule has 0 saturated carbocycles. The number of carbonyl (C=O) groups excluding carboxylic acids is 1. The second kappa shape index (κ2) is 6.05. The molecular weight excluding hydrogens is 333 g/mol. The van der Waals surface area contributed by atoms with Gasteiger partial charge in [0.15, 0.2) is 0 Å². The second-order valence-electron chi connectivity index (χ2n) is 4.42. The molecule has 0 aliphatic rings. The summed E-state index contributed by atoms with van der Waals surface area (Å²) in [6, 6.07) is 4.38. The smallest absolute Gasteiger partial charge is 0.337 e. The minimum atomic E-state index is -1.21. The summed E-state index contributed by atoms with van der Waals surface area (Å²) in [5, 5.41) is 12.0. The lowest BCUT2D eigenvalue weighted by molar-refractivity contribution is 0.0698. The first-order valence-corrected chi connectivity index (χ1v) is 7.47. The number of benzene rings is 1. The molecule has 2 rings (SSSR count). The van der Waals surface area contributed by atoms with E-state index in [1.165, 1.54) is 23.5 Å². The normalized spacial score (nSPS) is 10.5. The van der Waals surface area contributed by atoms with Gasteiger partial charge in [0.05, 0.1) is 21.2 Å². The SMILES string of the molecule is Cc1cc(C(=O)Nc2c(Cl)cc(Cl)cc2C(=O)O)sc1C. The van der Waals surface area contributed by atoms with Crippen molar-refractivity contribution in [3.8, 4) is 0 Å². The summed E-state index contributed by atoms with van der Waals surface area (Å²) in [5.74, 6) is -1.61. The molecule has 1 heterocycles. The average Bonchev–Trinajstić information content (AvgIpc) is 2.72. The van der Waals surface area contributed by atoms with Gasteiger partial charge in [-0.15, -0.1) is 11.3 Å². The van der Waals surface area contributed by atoms with E-state index in [0.717, 1.165) is 10.4 Å². The molecule has 110 valence electrons. The maximum Gasteiger partial charge on any atom is 0.337 e. The molecule has 0 radical (unpaired) electrons. The van der Waals surface area contributed by atoms with Crippen molar-refractivity contribution < 1.29 is 14.7 Å². The maximum atomic E-state index is 12.2. The quantitative estimate of drug-likeness (QED) is 0.854. The number of hydrogen-bond acceptors (Lipinski definition) is 3. The van der Waals surface area contributed by atoms with Crippen LogP contribution in [-0.4, -0.2) is 17.0 Å². The second-order valence-corrected chi connectivity index (χ2v) is 6.52. The molecule has 2 N–H and O–H groups in total. The highest BCUT2D eigenvalue weighted by molar-refractivity contribution is 7.14. The van der Waals surface area contributed by atoms with Crippen molar-refractivity contribution in [1.29, 1.82) is 0 Å². The summed E-state index contributed by atoms with van der Waals surface area (Å²) < 4.78 is 0. The summed E-state index contributed by atoms with van der Waals surface area (Å²) in [4.78, 5) is 25.0. The van der Waals surface area contributed by atoms with Crippen molar-refractivity contribution in [2.75, 3.05) is 5.32 Å². The fourth-order valence-corrected chi connectivity index (χ4v) is 3.20.